The molecule has 0 bridgehead atoms. The van der Waals surface area contributed by atoms with Crippen molar-refractivity contribution in [1.82, 2.24) is 10.2 Å². The number of hydrogen-bond donors (Lipinski definition) is 1. The van der Waals surface area contributed by atoms with Gasteiger partial charge in [-0.15, -0.1) is 0 Å². The zero-order chi connectivity index (χ0) is 15.3. The number of nitrogens with zero attached hydrogens (tertiary/aromatic N) is 2. The summed E-state index contributed by atoms with van der Waals surface area (Å²) in [6.07, 6.45) is -4.13. The first-order chi connectivity index (χ1) is 9.96. The van der Waals surface area contributed by atoms with Crippen LogP contribution in [0.15, 0.2) is 30.3 Å². The number of rotatable bonds is 5. The fourth-order valence-corrected chi connectivity index (χ4v) is 2.61. The first-order valence-corrected chi connectivity index (χ1v) is 7.27. The van der Waals surface area contributed by atoms with Gasteiger partial charge in [0.05, 0.1) is 6.54 Å². The van der Waals surface area contributed by atoms with Gasteiger partial charge in [-0.1, -0.05) is 18.2 Å². The molecule has 2 rings (SSSR count). The average Bonchev–Trinajstić information content (AvgIpc) is 2.47. The van der Waals surface area contributed by atoms with E-state index in [4.69, 9.17) is 0 Å². The number of halogens is 3. The van der Waals surface area contributed by atoms with E-state index in [9.17, 15) is 13.2 Å². The Bertz CT molecular complexity index is 414. The molecule has 1 aromatic rings. The Hall–Kier alpha value is -1.27. The van der Waals surface area contributed by atoms with Crippen LogP contribution in [0.3, 0.4) is 0 Å². The van der Waals surface area contributed by atoms with Crippen molar-refractivity contribution in [2.45, 2.75) is 19.1 Å². The third-order valence-electron chi connectivity index (χ3n) is 3.82. The van der Waals surface area contributed by atoms with Gasteiger partial charge in [-0.25, -0.2) is 0 Å². The minimum absolute atomic E-state index is 0.116. The molecule has 1 aromatic carbocycles. The molecule has 0 spiro atoms. The molecule has 0 saturated carbocycles. The van der Waals surface area contributed by atoms with Gasteiger partial charge in [0, 0.05) is 44.5 Å². The summed E-state index contributed by atoms with van der Waals surface area (Å²) < 4.78 is 36.3. The Morgan fingerprint density at radius 1 is 1.10 bits per heavy atom. The van der Waals surface area contributed by atoms with E-state index in [1.54, 1.807) is 0 Å². The number of hydrogen-bond acceptors (Lipinski definition) is 3. The van der Waals surface area contributed by atoms with Crippen LogP contribution in [0.4, 0.5) is 18.9 Å². The maximum absolute atomic E-state index is 12.1. The molecule has 1 N–H and O–H groups in total. The number of benzene rings is 1. The molecular weight excluding hydrogens is 279 g/mol. The van der Waals surface area contributed by atoms with Crippen LogP contribution in [0.25, 0.3) is 0 Å². The summed E-state index contributed by atoms with van der Waals surface area (Å²) in [7, 11) is 0. The monoisotopic (exact) mass is 301 g/mol. The van der Waals surface area contributed by atoms with Crippen molar-refractivity contribution < 1.29 is 13.2 Å². The highest BCUT2D eigenvalue weighted by Crippen LogP contribution is 2.16. The molecular formula is C15H22F3N3. The van der Waals surface area contributed by atoms with Gasteiger partial charge in [0.2, 0.25) is 0 Å². The second kappa shape index (κ2) is 7.13. The average molecular weight is 301 g/mol. The van der Waals surface area contributed by atoms with Crippen molar-refractivity contribution in [3.05, 3.63) is 30.3 Å². The molecule has 0 aromatic heterocycles. The summed E-state index contributed by atoms with van der Waals surface area (Å²) in [5.74, 6) is 0. The van der Waals surface area contributed by atoms with Crippen LogP contribution < -0.4 is 10.2 Å². The molecule has 1 unspecified atom stereocenters. The van der Waals surface area contributed by atoms with Crippen LogP contribution in [-0.2, 0) is 0 Å². The summed E-state index contributed by atoms with van der Waals surface area (Å²) >= 11 is 0. The minimum Gasteiger partial charge on any atom is -0.369 e. The molecule has 1 saturated heterocycles. The molecule has 0 amide bonds. The second-order valence-corrected chi connectivity index (χ2v) is 5.45. The predicted molar refractivity (Wildman–Crippen MR) is 78.6 cm³/mol. The fraction of sp³-hybridized carbons (Fsp3) is 0.600. The zero-order valence-electron chi connectivity index (χ0n) is 12.2. The van der Waals surface area contributed by atoms with E-state index < -0.39 is 12.7 Å². The number of para-hydroxylation sites is 1. The van der Waals surface area contributed by atoms with Gasteiger partial charge in [0.25, 0.3) is 0 Å². The Balaban J connectivity index is 1.73. The van der Waals surface area contributed by atoms with E-state index in [1.807, 2.05) is 25.1 Å². The third-order valence-corrected chi connectivity index (χ3v) is 3.82. The third kappa shape index (κ3) is 5.21. The first-order valence-electron chi connectivity index (χ1n) is 7.27. The SMILES string of the molecule is CC(CNCC(F)(F)F)N1CCN(c2ccccc2)CC1. The summed E-state index contributed by atoms with van der Waals surface area (Å²) in [6.45, 7) is 5.00. The standard InChI is InChI=1S/C15H22F3N3/c1-13(11-19-12-15(16,17)18)20-7-9-21(10-8-20)14-5-3-2-4-6-14/h2-6,13,19H,7-12H2,1H3. The van der Waals surface area contributed by atoms with Gasteiger partial charge < -0.3 is 10.2 Å². The van der Waals surface area contributed by atoms with E-state index in [0.717, 1.165) is 26.2 Å². The van der Waals surface area contributed by atoms with Crippen LogP contribution >= 0.6 is 0 Å². The lowest BCUT2D eigenvalue weighted by molar-refractivity contribution is -0.125. The van der Waals surface area contributed by atoms with Gasteiger partial charge >= 0.3 is 6.18 Å². The van der Waals surface area contributed by atoms with E-state index in [0.29, 0.717) is 6.54 Å². The summed E-state index contributed by atoms with van der Waals surface area (Å²) in [4.78, 5) is 4.55. The Kier molecular flexibility index (Phi) is 5.47. The molecule has 1 aliphatic heterocycles. The summed E-state index contributed by atoms with van der Waals surface area (Å²) in [5.41, 5.74) is 1.21. The van der Waals surface area contributed by atoms with Gasteiger partial charge in [0.15, 0.2) is 0 Å². The highest BCUT2D eigenvalue weighted by Gasteiger charge is 2.27. The lowest BCUT2D eigenvalue weighted by Gasteiger charge is -2.39. The van der Waals surface area contributed by atoms with Crippen molar-refractivity contribution in [2.75, 3.05) is 44.2 Å². The van der Waals surface area contributed by atoms with E-state index in [-0.39, 0.29) is 6.04 Å². The van der Waals surface area contributed by atoms with E-state index in [1.165, 1.54) is 5.69 Å². The first kappa shape index (κ1) is 16.1. The van der Waals surface area contributed by atoms with Crippen molar-refractivity contribution >= 4 is 5.69 Å². The summed E-state index contributed by atoms with van der Waals surface area (Å²) in [6, 6.07) is 10.3. The van der Waals surface area contributed by atoms with Crippen LogP contribution in [0.2, 0.25) is 0 Å². The highest BCUT2D eigenvalue weighted by molar-refractivity contribution is 5.46. The molecule has 1 atom stereocenters. The van der Waals surface area contributed by atoms with Crippen LogP contribution in [0, 0.1) is 0 Å². The molecule has 0 aliphatic carbocycles. The number of piperazine rings is 1. The summed E-state index contributed by atoms with van der Waals surface area (Å²) in [5, 5.41) is 2.49. The van der Waals surface area contributed by atoms with E-state index in [2.05, 4.69) is 27.2 Å². The zero-order valence-corrected chi connectivity index (χ0v) is 12.2. The van der Waals surface area contributed by atoms with E-state index >= 15 is 0 Å². The molecule has 118 valence electrons. The Morgan fingerprint density at radius 2 is 1.71 bits per heavy atom. The lowest BCUT2D eigenvalue weighted by Crippen LogP contribution is -2.52. The normalized spacial score (nSPS) is 18.8. The maximum atomic E-state index is 12.1. The predicted octanol–water partition coefficient (Wildman–Crippen LogP) is 2.35. The van der Waals surface area contributed by atoms with Gasteiger partial charge in [-0.2, -0.15) is 13.2 Å². The van der Waals surface area contributed by atoms with Gasteiger partial charge in [0.1, 0.15) is 0 Å². The topological polar surface area (TPSA) is 18.5 Å². The Labute approximate surface area is 123 Å². The molecule has 3 nitrogen and oxygen atoms in total. The molecule has 21 heavy (non-hydrogen) atoms. The minimum atomic E-state index is -4.13. The highest BCUT2D eigenvalue weighted by atomic mass is 19.4. The molecule has 0 radical (unpaired) electrons. The second-order valence-electron chi connectivity index (χ2n) is 5.45. The van der Waals surface area contributed by atoms with Crippen molar-refractivity contribution in [2.24, 2.45) is 0 Å². The molecule has 1 fully saturated rings. The number of nitrogens with one attached hydrogen (secondary N) is 1. The molecule has 1 heterocycles. The number of alkyl halides is 3. The van der Waals surface area contributed by atoms with Gasteiger partial charge in [-0.05, 0) is 19.1 Å². The largest absolute Gasteiger partial charge is 0.401 e. The van der Waals surface area contributed by atoms with Gasteiger partial charge in [-0.3, -0.25) is 4.90 Å². The lowest BCUT2D eigenvalue weighted by atomic mass is 10.2. The maximum Gasteiger partial charge on any atom is 0.401 e. The Morgan fingerprint density at radius 3 is 2.29 bits per heavy atom. The quantitative estimate of drug-likeness (QED) is 0.900. The van der Waals surface area contributed by atoms with Crippen molar-refractivity contribution in [1.29, 1.82) is 0 Å². The smallest absolute Gasteiger partial charge is 0.369 e. The van der Waals surface area contributed by atoms with Crippen molar-refractivity contribution in [3.63, 3.8) is 0 Å². The van der Waals surface area contributed by atoms with Crippen LogP contribution in [-0.4, -0.2) is 56.4 Å². The van der Waals surface area contributed by atoms with Crippen molar-refractivity contribution in [3.8, 4) is 0 Å². The number of anilines is 1. The van der Waals surface area contributed by atoms with Crippen LogP contribution in [0.5, 0.6) is 0 Å². The van der Waals surface area contributed by atoms with Crippen LogP contribution in [0.1, 0.15) is 6.92 Å². The molecule has 1 aliphatic rings. The molecule has 6 heteroatoms. The fourth-order valence-electron chi connectivity index (χ4n) is 2.61.